The number of alkyl halides is 3. The number of rotatable bonds is 5. The molecule has 3 amide bonds. The Labute approximate surface area is 176 Å². The highest BCUT2D eigenvalue weighted by Crippen LogP contribution is 2.21. The minimum atomic E-state index is -4.58. The first-order valence-electron chi connectivity index (χ1n) is 9.48. The number of carbonyl (C=O) groups excluding carboxylic acids is 3. The number of piperazine rings is 1. The van der Waals surface area contributed by atoms with Crippen molar-refractivity contribution in [1.82, 2.24) is 15.1 Å². The lowest BCUT2D eigenvalue weighted by Crippen LogP contribution is -2.52. The molecule has 31 heavy (non-hydrogen) atoms. The van der Waals surface area contributed by atoms with Crippen LogP contribution in [0, 0.1) is 0 Å². The average Bonchev–Trinajstić information content (AvgIpc) is 3.25. The van der Waals surface area contributed by atoms with Crippen LogP contribution < -0.4 is 5.32 Å². The summed E-state index contributed by atoms with van der Waals surface area (Å²) in [6.45, 7) is 0.0287. The number of halogens is 3. The van der Waals surface area contributed by atoms with Gasteiger partial charge in [-0.2, -0.15) is 13.2 Å². The fraction of sp³-hybridized carbons (Fsp3) is 0.286. The van der Waals surface area contributed by atoms with Crippen molar-refractivity contribution >= 4 is 23.8 Å². The molecule has 1 aromatic carbocycles. The van der Waals surface area contributed by atoms with E-state index in [4.69, 9.17) is 4.42 Å². The van der Waals surface area contributed by atoms with Crippen molar-refractivity contribution in [3.63, 3.8) is 0 Å². The second kappa shape index (κ2) is 9.50. The standard InChI is InChI=1S/C21H20F3N3O4/c22-21(23,24)14-18(28)26-8-10-27(11-9-26)20(30)17(13-16-7-4-12-31-16)25-19(29)15-5-2-1-3-6-15/h1-7,12-13H,8-11,14H2,(H,25,29). The third kappa shape index (κ3) is 6.21. The molecule has 1 aromatic heterocycles. The SMILES string of the molecule is O=C(NC(=Cc1ccco1)C(=O)N1CCN(C(=O)CC(F)(F)F)CC1)c1ccccc1. The van der Waals surface area contributed by atoms with Crippen molar-refractivity contribution in [2.75, 3.05) is 26.2 Å². The Morgan fingerprint density at radius 3 is 2.19 bits per heavy atom. The summed E-state index contributed by atoms with van der Waals surface area (Å²) in [5.41, 5.74) is 0.307. The van der Waals surface area contributed by atoms with Crippen LogP contribution >= 0.6 is 0 Å². The molecular weight excluding hydrogens is 415 g/mol. The molecule has 0 unspecified atom stereocenters. The predicted octanol–water partition coefficient (Wildman–Crippen LogP) is 2.67. The smallest absolute Gasteiger partial charge is 0.397 e. The van der Waals surface area contributed by atoms with E-state index in [0.29, 0.717) is 11.3 Å². The molecule has 0 saturated carbocycles. The highest BCUT2D eigenvalue weighted by atomic mass is 19.4. The van der Waals surface area contributed by atoms with Crippen molar-refractivity contribution in [1.29, 1.82) is 0 Å². The predicted molar refractivity (Wildman–Crippen MR) is 104 cm³/mol. The van der Waals surface area contributed by atoms with Gasteiger partial charge in [0.05, 0.1) is 6.26 Å². The molecule has 164 valence electrons. The van der Waals surface area contributed by atoms with Gasteiger partial charge in [0.1, 0.15) is 17.9 Å². The number of nitrogens with zero attached hydrogens (tertiary/aromatic N) is 2. The van der Waals surface area contributed by atoms with E-state index in [-0.39, 0.29) is 31.9 Å². The largest absolute Gasteiger partial charge is 0.465 e. The normalized spacial score (nSPS) is 15.0. The van der Waals surface area contributed by atoms with Crippen molar-refractivity contribution in [2.24, 2.45) is 0 Å². The molecule has 1 aliphatic heterocycles. The molecule has 2 aromatic rings. The molecule has 10 heteroatoms. The maximum atomic E-state index is 13.0. The summed E-state index contributed by atoms with van der Waals surface area (Å²) in [6, 6.07) is 11.5. The first kappa shape index (κ1) is 22.1. The van der Waals surface area contributed by atoms with Crippen LogP contribution in [-0.2, 0) is 9.59 Å². The molecule has 2 heterocycles. The highest BCUT2D eigenvalue weighted by molar-refractivity contribution is 6.05. The Morgan fingerprint density at radius 2 is 1.61 bits per heavy atom. The van der Waals surface area contributed by atoms with Gasteiger partial charge in [0.2, 0.25) is 5.91 Å². The molecular formula is C21H20F3N3O4. The lowest BCUT2D eigenvalue weighted by atomic mass is 10.2. The van der Waals surface area contributed by atoms with Gasteiger partial charge in [-0.1, -0.05) is 18.2 Å². The van der Waals surface area contributed by atoms with Crippen molar-refractivity contribution in [3.05, 3.63) is 65.7 Å². The number of benzene rings is 1. The summed E-state index contributed by atoms with van der Waals surface area (Å²) >= 11 is 0. The van der Waals surface area contributed by atoms with Crippen LogP contribution in [0.5, 0.6) is 0 Å². The van der Waals surface area contributed by atoms with E-state index in [9.17, 15) is 27.6 Å². The van der Waals surface area contributed by atoms with Gasteiger partial charge in [-0.15, -0.1) is 0 Å². The number of nitrogens with one attached hydrogen (secondary N) is 1. The first-order valence-corrected chi connectivity index (χ1v) is 9.48. The fourth-order valence-electron chi connectivity index (χ4n) is 3.06. The topological polar surface area (TPSA) is 82.9 Å². The van der Waals surface area contributed by atoms with Crippen LogP contribution in [0.15, 0.2) is 58.8 Å². The third-order valence-corrected chi connectivity index (χ3v) is 4.62. The summed E-state index contributed by atoms with van der Waals surface area (Å²) < 4.78 is 42.6. The second-order valence-corrected chi connectivity index (χ2v) is 6.86. The first-order chi connectivity index (χ1) is 14.7. The maximum Gasteiger partial charge on any atom is 0.397 e. The highest BCUT2D eigenvalue weighted by Gasteiger charge is 2.35. The van der Waals surface area contributed by atoms with Crippen molar-refractivity contribution < 1.29 is 32.0 Å². The van der Waals surface area contributed by atoms with Gasteiger partial charge in [-0.25, -0.2) is 0 Å². The number of carbonyl (C=O) groups is 3. The monoisotopic (exact) mass is 435 g/mol. The van der Waals surface area contributed by atoms with E-state index >= 15 is 0 Å². The molecule has 0 radical (unpaired) electrons. The van der Waals surface area contributed by atoms with E-state index in [1.165, 1.54) is 17.2 Å². The van der Waals surface area contributed by atoms with E-state index in [2.05, 4.69) is 5.32 Å². The molecule has 1 N–H and O–H groups in total. The maximum absolute atomic E-state index is 13.0. The van der Waals surface area contributed by atoms with Gasteiger partial charge in [0, 0.05) is 37.8 Å². The lowest BCUT2D eigenvalue weighted by molar-refractivity contribution is -0.163. The molecule has 0 aliphatic carbocycles. The number of furan rings is 1. The Balaban J connectivity index is 1.69. The Morgan fingerprint density at radius 1 is 0.968 bits per heavy atom. The van der Waals surface area contributed by atoms with Crippen LogP contribution in [-0.4, -0.2) is 59.9 Å². The van der Waals surface area contributed by atoms with Crippen molar-refractivity contribution in [2.45, 2.75) is 12.6 Å². The Kier molecular flexibility index (Phi) is 6.78. The zero-order valence-electron chi connectivity index (χ0n) is 16.4. The molecule has 1 saturated heterocycles. The molecule has 0 atom stereocenters. The summed E-state index contributed by atoms with van der Waals surface area (Å²) in [5.74, 6) is -1.70. The van der Waals surface area contributed by atoms with Crippen LogP contribution in [0.25, 0.3) is 6.08 Å². The zero-order valence-corrected chi connectivity index (χ0v) is 16.4. The summed E-state index contributed by atoms with van der Waals surface area (Å²) in [4.78, 5) is 39.8. The molecule has 0 bridgehead atoms. The van der Waals surface area contributed by atoms with Gasteiger partial charge in [0.25, 0.3) is 11.8 Å². The van der Waals surface area contributed by atoms with E-state index in [1.54, 1.807) is 42.5 Å². The number of hydrogen-bond acceptors (Lipinski definition) is 4. The van der Waals surface area contributed by atoms with Crippen LogP contribution in [0.4, 0.5) is 13.2 Å². The van der Waals surface area contributed by atoms with Gasteiger partial charge < -0.3 is 19.5 Å². The summed E-state index contributed by atoms with van der Waals surface area (Å²) in [5, 5.41) is 2.58. The van der Waals surface area contributed by atoms with E-state index in [0.717, 1.165) is 4.90 Å². The summed E-state index contributed by atoms with van der Waals surface area (Å²) in [7, 11) is 0. The lowest BCUT2D eigenvalue weighted by Gasteiger charge is -2.35. The molecule has 7 nitrogen and oxygen atoms in total. The van der Waals surface area contributed by atoms with Crippen molar-refractivity contribution in [3.8, 4) is 0 Å². The second-order valence-electron chi connectivity index (χ2n) is 6.86. The van der Waals surface area contributed by atoms with Crippen LogP contribution in [0.3, 0.4) is 0 Å². The van der Waals surface area contributed by atoms with Gasteiger partial charge in [-0.05, 0) is 24.3 Å². The molecule has 1 aliphatic rings. The minimum absolute atomic E-state index is 0.0265. The zero-order chi connectivity index (χ0) is 22.4. The van der Waals surface area contributed by atoms with Gasteiger partial charge >= 0.3 is 6.18 Å². The van der Waals surface area contributed by atoms with Crippen LogP contribution in [0.1, 0.15) is 22.5 Å². The number of amides is 3. The van der Waals surface area contributed by atoms with Gasteiger partial charge in [0.15, 0.2) is 0 Å². The quantitative estimate of drug-likeness (QED) is 0.733. The summed E-state index contributed by atoms with van der Waals surface area (Å²) in [6.07, 6.45) is -3.31. The van der Waals surface area contributed by atoms with Crippen LogP contribution in [0.2, 0.25) is 0 Å². The molecule has 1 fully saturated rings. The Bertz CT molecular complexity index is 948. The minimum Gasteiger partial charge on any atom is -0.465 e. The third-order valence-electron chi connectivity index (χ3n) is 4.62. The average molecular weight is 435 g/mol. The van der Waals surface area contributed by atoms with Gasteiger partial charge in [-0.3, -0.25) is 14.4 Å². The Hall–Kier alpha value is -3.56. The van der Waals surface area contributed by atoms with E-state index in [1.807, 2.05) is 0 Å². The number of hydrogen-bond donors (Lipinski definition) is 1. The van der Waals surface area contributed by atoms with E-state index < -0.39 is 30.3 Å². The fourth-order valence-corrected chi connectivity index (χ4v) is 3.06. The molecule has 3 rings (SSSR count). The molecule has 0 spiro atoms.